The molecular weight excluding hydrogens is 307 g/mol. The van der Waals surface area contributed by atoms with Gasteiger partial charge < -0.3 is 0 Å². The van der Waals surface area contributed by atoms with Crippen molar-refractivity contribution in [2.24, 2.45) is 0 Å². The average Bonchev–Trinajstić information content (AvgIpc) is 2.33. The van der Waals surface area contributed by atoms with Gasteiger partial charge in [0.25, 0.3) is 0 Å². The Bertz CT molecular complexity index is 259. The number of rotatable bonds is 6. The van der Waals surface area contributed by atoms with E-state index in [1.165, 1.54) is 24.6 Å². The molecule has 1 aromatic rings. The van der Waals surface area contributed by atoms with Crippen molar-refractivity contribution in [3.63, 3.8) is 0 Å². The zero-order chi connectivity index (χ0) is 11.1. The molecule has 84 valence electrons. The van der Waals surface area contributed by atoms with Crippen LogP contribution in [-0.2, 0) is 5.75 Å². The predicted octanol–water partition coefficient (Wildman–Crippen LogP) is 4.93. The quantitative estimate of drug-likeness (QED) is 0.667. The van der Waals surface area contributed by atoms with Crippen LogP contribution in [0.5, 0.6) is 0 Å². The van der Waals surface area contributed by atoms with Crippen LogP contribution in [0.4, 0.5) is 0 Å². The van der Waals surface area contributed by atoms with Gasteiger partial charge in [0.2, 0.25) is 0 Å². The minimum absolute atomic E-state index is 1.24. The molecule has 0 saturated heterocycles. The molecule has 0 amide bonds. The molecule has 0 aliphatic carbocycles. The fourth-order valence-corrected chi connectivity index (χ4v) is 16.7. The monoisotopic (exact) mass is 330 g/mol. The third-order valence-electron chi connectivity index (χ3n) is 3.32. The summed E-state index contributed by atoms with van der Waals surface area (Å²) in [5.41, 5.74) is 1.50. The topological polar surface area (TPSA) is 0 Å². The standard InChI is InChI=1S/C7H8S.3C2H5.Sn/c8-6-7-4-2-1-3-5-7;3*1-2;/h1-5,8H,6H2;3*1H2,2H3;/q;;;;+1/p-1. The van der Waals surface area contributed by atoms with E-state index in [1.807, 2.05) is 0 Å². The van der Waals surface area contributed by atoms with Crippen LogP contribution in [0.15, 0.2) is 30.3 Å². The summed E-state index contributed by atoms with van der Waals surface area (Å²) in [6.07, 6.45) is 0. The molecule has 0 atom stereocenters. The minimum atomic E-state index is -1.74. The van der Waals surface area contributed by atoms with E-state index >= 15 is 0 Å². The third kappa shape index (κ3) is 4.03. The maximum atomic E-state index is 2.40. The van der Waals surface area contributed by atoms with Gasteiger partial charge in [0, 0.05) is 0 Å². The van der Waals surface area contributed by atoms with E-state index in [-0.39, 0.29) is 0 Å². The molecule has 0 bridgehead atoms. The molecule has 0 heterocycles. The normalized spacial score (nSPS) is 11.7. The van der Waals surface area contributed by atoms with E-state index in [1.54, 1.807) is 0 Å². The first-order valence-electron chi connectivity index (χ1n) is 5.94. The summed E-state index contributed by atoms with van der Waals surface area (Å²) in [5, 5.41) is 0. The van der Waals surface area contributed by atoms with Crippen LogP contribution >= 0.6 is 8.95 Å². The molecule has 1 rings (SSSR count). The third-order valence-corrected chi connectivity index (χ3v) is 27.7. The first-order chi connectivity index (χ1) is 7.26. The molecule has 0 nitrogen and oxygen atoms in total. The van der Waals surface area contributed by atoms with E-state index in [2.05, 4.69) is 60.0 Å². The van der Waals surface area contributed by atoms with Crippen LogP contribution in [0.25, 0.3) is 0 Å². The van der Waals surface area contributed by atoms with Crippen LogP contribution in [0.1, 0.15) is 26.3 Å². The molecule has 1 aromatic carbocycles. The maximum absolute atomic E-state index is 2.40. The second kappa shape index (κ2) is 6.85. The van der Waals surface area contributed by atoms with Gasteiger partial charge in [0.1, 0.15) is 0 Å². The summed E-state index contributed by atoms with van der Waals surface area (Å²) in [7, 11) is 2.33. The van der Waals surface area contributed by atoms with Gasteiger partial charge in [-0.15, -0.1) is 0 Å². The van der Waals surface area contributed by atoms with Gasteiger partial charge >= 0.3 is 102 Å². The summed E-state index contributed by atoms with van der Waals surface area (Å²) in [6, 6.07) is 10.9. The molecule has 15 heavy (non-hydrogen) atoms. The summed E-state index contributed by atoms with van der Waals surface area (Å²) >= 11 is -1.74. The van der Waals surface area contributed by atoms with Crippen LogP contribution in [0, 0.1) is 0 Å². The Morgan fingerprint density at radius 1 is 0.933 bits per heavy atom. The van der Waals surface area contributed by atoms with Gasteiger partial charge in [0.15, 0.2) is 0 Å². The van der Waals surface area contributed by atoms with Gasteiger partial charge in [-0.05, 0) is 0 Å². The second-order valence-corrected chi connectivity index (χ2v) is 25.7. The molecule has 0 aliphatic rings. The van der Waals surface area contributed by atoms with Gasteiger partial charge in [-0.25, -0.2) is 0 Å². The van der Waals surface area contributed by atoms with Gasteiger partial charge in [-0.1, -0.05) is 0 Å². The molecule has 0 aromatic heterocycles. The van der Waals surface area contributed by atoms with Crippen molar-refractivity contribution in [1.29, 1.82) is 0 Å². The summed E-state index contributed by atoms with van der Waals surface area (Å²) in [4.78, 5) is 0. The van der Waals surface area contributed by atoms with Crippen LogP contribution in [0.3, 0.4) is 0 Å². The molecule has 0 saturated carbocycles. The van der Waals surface area contributed by atoms with E-state index in [0.717, 1.165) is 0 Å². The summed E-state index contributed by atoms with van der Waals surface area (Å²) in [6.45, 7) is 7.21. The molecule has 0 unspecified atom stereocenters. The Labute approximate surface area is 101 Å². The second-order valence-electron chi connectivity index (χ2n) is 4.02. The van der Waals surface area contributed by atoms with E-state index in [4.69, 9.17) is 0 Å². The van der Waals surface area contributed by atoms with Crippen molar-refractivity contribution in [3.8, 4) is 0 Å². The van der Waals surface area contributed by atoms with Gasteiger partial charge in [-0.2, -0.15) is 0 Å². The Balaban J connectivity index is 2.54. The van der Waals surface area contributed by atoms with Gasteiger partial charge in [-0.3, -0.25) is 0 Å². The van der Waals surface area contributed by atoms with E-state index < -0.39 is 17.0 Å². The average molecular weight is 329 g/mol. The first-order valence-corrected chi connectivity index (χ1v) is 16.5. The molecular formula is C13H22SSn. The fourth-order valence-electron chi connectivity index (χ4n) is 1.87. The fraction of sp³-hybridized carbons (Fsp3) is 0.538. The van der Waals surface area contributed by atoms with E-state index in [0.29, 0.717) is 0 Å². The zero-order valence-electron chi connectivity index (χ0n) is 10.1. The molecule has 0 radical (unpaired) electrons. The molecule has 0 aliphatic heterocycles. The van der Waals surface area contributed by atoms with Crippen molar-refractivity contribution in [1.82, 2.24) is 0 Å². The van der Waals surface area contributed by atoms with Crippen molar-refractivity contribution in [2.45, 2.75) is 39.8 Å². The van der Waals surface area contributed by atoms with Crippen LogP contribution < -0.4 is 0 Å². The SMILES string of the molecule is C[CH2][Sn]([CH2]C)([CH2]C)[S]Cc1ccccc1. The van der Waals surface area contributed by atoms with E-state index in [9.17, 15) is 0 Å². The molecule has 0 spiro atoms. The number of hydrogen-bond acceptors (Lipinski definition) is 1. The first kappa shape index (κ1) is 13.4. The molecule has 0 fully saturated rings. The van der Waals surface area contributed by atoms with Crippen LogP contribution in [-0.4, -0.2) is 17.0 Å². The Hall–Kier alpha value is 0.369. The van der Waals surface area contributed by atoms with Crippen molar-refractivity contribution in [3.05, 3.63) is 35.9 Å². The van der Waals surface area contributed by atoms with Crippen molar-refractivity contribution >= 4 is 25.9 Å². The zero-order valence-corrected chi connectivity index (χ0v) is 13.8. The van der Waals surface area contributed by atoms with Crippen molar-refractivity contribution in [2.75, 3.05) is 0 Å². The van der Waals surface area contributed by atoms with Crippen molar-refractivity contribution < 1.29 is 0 Å². The number of hydrogen-bond donors (Lipinski definition) is 0. The Morgan fingerprint density at radius 3 is 1.93 bits per heavy atom. The summed E-state index contributed by atoms with van der Waals surface area (Å²) < 4.78 is 4.46. The van der Waals surface area contributed by atoms with Crippen LogP contribution in [0.2, 0.25) is 13.3 Å². The number of benzene rings is 1. The Kier molecular flexibility index (Phi) is 6.13. The summed E-state index contributed by atoms with van der Waals surface area (Å²) in [5.74, 6) is 1.24. The van der Waals surface area contributed by atoms with Gasteiger partial charge in [0.05, 0.1) is 0 Å². The predicted molar refractivity (Wildman–Crippen MR) is 74.9 cm³/mol. The molecule has 0 N–H and O–H groups in total. The Morgan fingerprint density at radius 2 is 1.47 bits per heavy atom. The molecule has 2 heteroatoms.